The predicted octanol–water partition coefficient (Wildman–Crippen LogP) is 10.6. The first-order valence-corrected chi connectivity index (χ1v) is 13.5. The molecule has 0 saturated carbocycles. The van der Waals surface area contributed by atoms with E-state index in [1.54, 1.807) is 0 Å². The zero-order valence-corrected chi connectivity index (χ0v) is 23.5. The maximum absolute atomic E-state index is 3.32. The van der Waals surface area contributed by atoms with E-state index in [-0.39, 0.29) is 0 Å². The van der Waals surface area contributed by atoms with Crippen molar-refractivity contribution < 1.29 is 0 Å². The first kappa shape index (κ1) is 28.5. The van der Waals surface area contributed by atoms with Crippen LogP contribution in [0.4, 0.5) is 5.69 Å². The van der Waals surface area contributed by atoms with Crippen molar-refractivity contribution >= 4 is 5.69 Å². The number of nitrogens with one attached hydrogen (secondary N) is 1. The summed E-state index contributed by atoms with van der Waals surface area (Å²) in [5.74, 6) is 0.709. The van der Waals surface area contributed by atoms with Gasteiger partial charge in [-0.2, -0.15) is 0 Å². The van der Waals surface area contributed by atoms with Crippen molar-refractivity contribution in [3.8, 4) is 22.3 Å². The summed E-state index contributed by atoms with van der Waals surface area (Å²) in [5, 5.41) is 3.32. The van der Waals surface area contributed by atoms with Crippen molar-refractivity contribution in [2.75, 3.05) is 12.4 Å². The number of rotatable bonds is 5. The largest absolute Gasteiger partial charge is 0.388 e. The van der Waals surface area contributed by atoms with Gasteiger partial charge in [0.25, 0.3) is 0 Å². The molecule has 0 spiro atoms. The van der Waals surface area contributed by atoms with Crippen LogP contribution >= 0.6 is 0 Å². The Balaban J connectivity index is 0.000000194. The molecule has 1 N–H and O–H groups in total. The van der Waals surface area contributed by atoms with Gasteiger partial charge in [0.1, 0.15) is 0 Å². The average molecular weight is 500 g/mol. The highest BCUT2D eigenvalue weighted by Crippen LogP contribution is 2.37. The zero-order valence-electron chi connectivity index (χ0n) is 23.5. The fourth-order valence-electron chi connectivity index (χ4n) is 4.20. The third-order valence-electron chi connectivity index (χ3n) is 6.68. The van der Waals surface area contributed by atoms with Crippen LogP contribution in [0.15, 0.2) is 133 Å². The van der Waals surface area contributed by atoms with Crippen LogP contribution in [-0.4, -0.2) is 7.05 Å². The molecule has 0 aromatic heterocycles. The Kier molecular flexibility index (Phi) is 11.4. The molecule has 1 atom stereocenters. The molecule has 5 aromatic rings. The highest BCUT2D eigenvalue weighted by molar-refractivity contribution is 5.91. The van der Waals surface area contributed by atoms with Gasteiger partial charge in [-0.05, 0) is 54.5 Å². The normalized spacial score (nSPS) is 10.8. The second-order valence-corrected chi connectivity index (χ2v) is 9.58. The molecule has 0 heterocycles. The molecule has 194 valence electrons. The number of aryl methyl sites for hydroxylation is 2. The van der Waals surface area contributed by atoms with Crippen LogP contribution in [0.25, 0.3) is 22.3 Å². The van der Waals surface area contributed by atoms with Crippen molar-refractivity contribution in [2.24, 2.45) is 0 Å². The highest BCUT2D eigenvalue weighted by Gasteiger charge is 2.11. The molecular formula is C37H41N. The minimum atomic E-state index is 0.709. The summed E-state index contributed by atoms with van der Waals surface area (Å²) in [4.78, 5) is 0. The summed E-state index contributed by atoms with van der Waals surface area (Å²) in [6.07, 6.45) is 1.23. The first-order valence-electron chi connectivity index (χ1n) is 13.5. The molecule has 5 aromatic carbocycles. The quantitative estimate of drug-likeness (QED) is 0.253. The minimum Gasteiger partial charge on any atom is -0.388 e. The van der Waals surface area contributed by atoms with Gasteiger partial charge in [-0.15, -0.1) is 0 Å². The van der Waals surface area contributed by atoms with E-state index in [2.05, 4.69) is 148 Å². The van der Waals surface area contributed by atoms with Gasteiger partial charge in [0.2, 0.25) is 0 Å². The minimum absolute atomic E-state index is 0.709. The Morgan fingerprint density at radius 3 is 1.58 bits per heavy atom. The lowest BCUT2D eigenvalue weighted by Gasteiger charge is -2.15. The third kappa shape index (κ3) is 8.49. The van der Waals surface area contributed by atoms with Crippen molar-refractivity contribution in [3.05, 3.63) is 150 Å². The van der Waals surface area contributed by atoms with E-state index < -0.39 is 0 Å². The lowest BCUT2D eigenvalue weighted by atomic mass is 9.92. The summed E-state index contributed by atoms with van der Waals surface area (Å²) in [6.45, 7) is 8.68. The Morgan fingerprint density at radius 1 is 0.553 bits per heavy atom. The van der Waals surface area contributed by atoms with E-state index in [1.807, 2.05) is 25.2 Å². The summed E-state index contributed by atoms with van der Waals surface area (Å²) >= 11 is 0. The smallest absolute Gasteiger partial charge is 0.0423 e. The average Bonchev–Trinajstić information content (AvgIpc) is 2.98. The summed E-state index contributed by atoms with van der Waals surface area (Å²) < 4.78 is 0. The van der Waals surface area contributed by atoms with Crippen molar-refractivity contribution in [1.29, 1.82) is 0 Å². The molecule has 0 bridgehead atoms. The van der Waals surface area contributed by atoms with Crippen LogP contribution in [-0.2, 0) is 0 Å². The van der Waals surface area contributed by atoms with Gasteiger partial charge in [-0.1, -0.05) is 152 Å². The van der Waals surface area contributed by atoms with Crippen LogP contribution in [0.3, 0.4) is 0 Å². The number of benzene rings is 5. The van der Waals surface area contributed by atoms with E-state index in [0.717, 1.165) is 5.69 Å². The van der Waals surface area contributed by atoms with Gasteiger partial charge in [-0.25, -0.2) is 0 Å². The van der Waals surface area contributed by atoms with Crippen LogP contribution in [0.2, 0.25) is 0 Å². The van der Waals surface area contributed by atoms with Gasteiger partial charge >= 0.3 is 0 Å². The van der Waals surface area contributed by atoms with E-state index in [0.29, 0.717) is 5.92 Å². The molecule has 1 unspecified atom stereocenters. The first-order chi connectivity index (χ1) is 18.5. The standard InChI is InChI=1S/C20H19N.C10H14.C7H8/c1-15-11-13-16(14-12-15)18-9-6-10-19(21-2)20(18)17-7-4-3-5-8-17;1-3-9(2)10-7-5-4-6-8-10;1-7-5-3-2-4-6-7/h3-14,21H,1-2H3;4-9H,3H2,1-2H3;2-6H,1H3. The molecule has 0 saturated heterocycles. The van der Waals surface area contributed by atoms with Crippen LogP contribution in [0.1, 0.15) is 42.9 Å². The SMILES string of the molecule is CCC(C)c1ccccc1.CNc1cccc(-c2ccc(C)cc2)c1-c1ccccc1.Cc1ccccc1. The van der Waals surface area contributed by atoms with Crippen molar-refractivity contribution in [1.82, 2.24) is 0 Å². The molecule has 1 heteroatoms. The van der Waals surface area contributed by atoms with Gasteiger partial charge in [0, 0.05) is 18.3 Å². The van der Waals surface area contributed by atoms with E-state index in [1.165, 1.54) is 45.4 Å². The van der Waals surface area contributed by atoms with E-state index in [4.69, 9.17) is 0 Å². The molecular weight excluding hydrogens is 458 g/mol. The topological polar surface area (TPSA) is 12.0 Å². The van der Waals surface area contributed by atoms with Gasteiger partial charge in [0.05, 0.1) is 0 Å². The van der Waals surface area contributed by atoms with Gasteiger partial charge in [0.15, 0.2) is 0 Å². The van der Waals surface area contributed by atoms with Crippen LogP contribution < -0.4 is 5.32 Å². The van der Waals surface area contributed by atoms with Gasteiger partial charge in [-0.3, -0.25) is 0 Å². The maximum atomic E-state index is 3.32. The molecule has 0 aliphatic heterocycles. The molecule has 1 nitrogen and oxygen atoms in total. The van der Waals surface area contributed by atoms with Crippen LogP contribution in [0, 0.1) is 13.8 Å². The lowest BCUT2D eigenvalue weighted by molar-refractivity contribution is 0.733. The van der Waals surface area contributed by atoms with Crippen LogP contribution in [0.5, 0.6) is 0 Å². The summed E-state index contributed by atoms with van der Waals surface area (Å²) in [7, 11) is 1.97. The van der Waals surface area contributed by atoms with E-state index >= 15 is 0 Å². The summed E-state index contributed by atoms with van der Waals surface area (Å²) in [5.41, 5.74) is 10.2. The predicted molar refractivity (Wildman–Crippen MR) is 168 cm³/mol. The van der Waals surface area contributed by atoms with Crippen molar-refractivity contribution in [2.45, 2.75) is 40.0 Å². The lowest BCUT2D eigenvalue weighted by Crippen LogP contribution is -1.94. The number of anilines is 1. The Hall–Kier alpha value is -4.10. The second-order valence-electron chi connectivity index (χ2n) is 9.58. The fraction of sp³-hybridized carbons (Fsp3) is 0.189. The third-order valence-corrected chi connectivity index (χ3v) is 6.68. The molecule has 0 amide bonds. The molecule has 0 aliphatic rings. The Bertz CT molecular complexity index is 1320. The number of hydrogen-bond acceptors (Lipinski definition) is 1. The molecule has 38 heavy (non-hydrogen) atoms. The Labute approximate surface area is 230 Å². The van der Waals surface area contributed by atoms with Gasteiger partial charge < -0.3 is 5.32 Å². The fourth-order valence-corrected chi connectivity index (χ4v) is 4.20. The molecule has 5 rings (SSSR count). The molecule has 0 aliphatic carbocycles. The highest BCUT2D eigenvalue weighted by atomic mass is 14.8. The van der Waals surface area contributed by atoms with Crippen molar-refractivity contribution in [3.63, 3.8) is 0 Å². The summed E-state index contributed by atoms with van der Waals surface area (Å²) in [6, 6.07) is 46.6. The molecule has 0 fully saturated rings. The Morgan fingerprint density at radius 2 is 1.08 bits per heavy atom. The monoisotopic (exact) mass is 499 g/mol. The number of hydrogen-bond donors (Lipinski definition) is 1. The van der Waals surface area contributed by atoms with E-state index in [9.17, 15) is 0 Å². The zero-order chi connectivity index (χ0) is 27.2. The molecule has 0 radical (unpaired) electrons. The second kappa shape index (κ2) is 15.2. The maximum Gasteiger partial charge on any atom is 0.0423 e.